The summed E-state index contributed by atoms with van der Waals surface area (Å²) < 4.78 is 16.6. The molecule has 0 saturated heterocycles. The van der Waals surface area contributed by atoms with Gasteiger partial charge >= 0.3 is 18.2 Å². The number of nitrogens with zero attached hydrogens (tertiary/aromatic N) is 1. The van der Waals surface area contributed by atoms with E-state index in [1.807, 2.05) is 13.0 Å². The molecule has 0 aliphatic heterocycles. The van der Waals surface area contributed by atoms with E-state index in [9.17, 15) is 14.4 Å². The fourth-order valence-electron chi connectivity index (χ4n) is 1.98. The van der Waals surface area contributed by atoms with Gasteiger partial charge in [-0.15, -0.1) is 0 Å². The maximum Gasteiger partial charge on any atom is 0.420 e. The third-order valence-corrected chi connectivity index (χ3v) is 4.31. The highest BCUT2D eigenvalue weighted by molar-refractivity contribution is 14.1. The number of hydrogen-bond donors (Lipinski definition) is 0. The Kier molecular flexibility index (Phi) is 10.3. The number of ether oxygens (including phenoxy) is 3. The van der Waals surface area contributed by atoms with Crippen LogP contribution in [0.1, 0.15) is 67.7 Å². The Balaban J connectivity index is 5.77. The minimum atomic E-state index is -1.14. The van der Waals surface area contributed by atoms with Crippen LogP contribution in [-0.4, -0.2) is 47.4 Å². The molecule has 0 heterocycles. The molecule has 0 saturated carbocycles. The van der Waals surface area contributed by atoms with Gasteiger partial charge in [0.2, 0.25) is 0 Å². The molecule has 0 rings (SSSR count). The second-order valence-electron chi connectivity index (χ2n) is 7.95. The lowest BCUT2D eigenvalue weighted by molar-refractivity contribution is -0.146. The van der Waals surface area contributed by atoms with Gasteiger partial charge in [0.25, 0.3) is 0 Å². The Morgan fingerprint density at radius 1 is 1.00 bits per heavy atom. The average Bonchev–Trinajstić information content (AvgIpc) is 2.49. The molecule has 0 aromatic carbocycles. The Labute approximate surface area is 175 Å². The summed E-state index contributed by atoms with van der Waals surface area (Å²) in [7, 11) is 1.21. The van der Waals surface area contributed by atoms with Gasteiger partial charge in [0.15, 0.2) is 0 Å². The van der Waals surface area contributed by atoms with Crippen molar-refractivity contribution in [3.63, 3.8) is 0 Å². The predicted octanol–water partition coefficient (Wildman–Crippen LogP) is 5.21. The smallest absolute Gasteiger partial charge is 0.420 e. The Morgan fingerprint density at radius 2 is 1.44 bits per heavy atom. The first-order valence-electron chi connectivity index (χ1n) is 8.89. The largest absolute Gasteiger partial charge is 0.467 e. The minimum Gasteiger partial charge on any atom is -0.467 e. The molecule has 0 aliphatic rings. The molecule has 1 atom stereocenters. The maximum atomic E-state index is 12.7. The zero-order valence-corrected chi connectivity index (χ0v) is 19.7. The SMILES string of the molecule is CC/C(I)=C\CC[C@@H](C(=O)OC)N(C(=O)OC(C)(C)C)C(=O)OC(C)(C)C. The number of rotatable bonds is 6. The highest BCUT2D eigenvalue weighted by Gasteiger charge is 2.40. The first-order chi connectivity index (χ1) is 12.2. The lowest BCUT2D eigenvalue weighted by atomic mass is 10.1. The van der Waals surface area contributed by atoms with Gasteiger partial charge in [-0.1, -0.05) is 13.0 Å². The third kappa shape index (κ3) is 10.6. The highest BCUT2D eigenvalue weighted by Crippen LogP contribution is 2.21. The molecule has 0 aromatic heterocycles. The van der Waals surface area contributed by atoms with Gasteiger partial charge < -0.3 is 14.2 Å². The summed E-state index contributed by atoms with van der Waals surface area (Å²) in [6, 6.07) is -1.14. The van der Waals surface area contributed by atoms with Gasteiger partial charge in [0.1, 0.15) is 17.2 Å². The van der Waals surface area contributed by atoms with Crippen LogP contribution in [0.15, 0.2) is 9.66 Å². The first-order valence-corrected chi connectivity index (χ1v) is 9.97. The summed E-state index contributed by atoms with van der Waals surface area (Å²) in [5.74, 6) is -0.702. The van der Waals surface area contributed by atoms with Crippen LogP contribution in [-0.2, 0) is 19.0 Å². The molecule has 0 spiro atoms. The van der Waals surface area contributed by atoms with Crippen molar-refractivity contribution in [1.82, 2.24) is 4.90 Å². The zero-order valence-electron chi connectivity index (χ0n) is 17.6. The predicted molar refractivity (Wildman–Crippen MR) is 112 cm³/mol. The molecule has 0 N–H and O–H groups in total. The van der Waals surface area contributed by atoms with Crippen LogP contribution < -0.4 is 0 Å². The van der Waals surface area contributed by atoms with Crippen LogP contribution in [0.5, 0.6) is 0 Å². The number of hydrogen-bond acceptors (Lipinski definition) is 6. The summed E-state index contributed by atoms with van der Waals surface area (Å²) in [5, 5.41) is 0. The molecular formula is C19H32INO6. The lowest BCUT2D eigenvalue weighted by Gasteiger charge is -2.32. The van der Waals surface area contributed by atoms with E-state index < -0.39 is 35.4 Å². The molecule has 7 nitrogen and oxygen atoms in total. The molecule has 0 fully saturated rings. The summed E-state index contributed by atoms with van der Waals surface area (Å²) in [6.07, 6.45) is 1.64. The van der Waals surface area contributed by atoms with Crippen LogP contribution in [0.25, 0.3) is 0 Å². The van der Waals surface area contributed by atoms with Gasteiger partial charge in [0.05, 0.1) is 7.11 Å². The third-order valence-electron chi connectivity index (χ3n) is 3.11. The summed E-state index contributed by atoms with van der Waals surface area (Å²) in [4.78, 5) is 38.4. The van der Waals surface area contributed by atoms with Gasteiger partial charge in [-0.05, 0) is 87.0 Å². The Bertz CT molecular complexity index is 532. The van der Waals surface area contributed by atoms with Crippen molar-refractivity contribution in [2.75, 3.05) is 7.11 Å². The number of esters is 1. The van der Waals surface area contributed by atoms with Gasteiger partial charge in [-0.2, -0.15) is 4.90 Å². The number of imide groups is 1. The Morgan fingerprint density at radius 3 is 1.78 bits per heavy atom. The van der Waals surface area contributed by atoms with Crippen LogP contribution in [0.2, 0.25) is 0 Å². The molecule has 156 valence electrons. The van der Waals surface area contributed by atoms with E-state index in [0.717, 1.165) is 14.9 Å². The average molecular weight is 497 g/mol. The first kappa shape index (κ1) is 25.7. The van der Waals surface area contributed by atoms with Crippen molar-refractivity contribution >= 4 is 40.7 Å². The quantitative estimate of drug-likeness (QED) is 0.285. The highest BCUT2D eigenvalue weighted by atomic mass is 127. The zero-order chi connectivity index (χ0) is 21.4. The number of allylic oxidation sites excluding steroid dienone is 2. The van der Waals surface area contributed by atoms with Gasteiger partial charge in [-0.25, -0.2) is 14.4 Å². The second kappa shape index (κ2) is 10.9. The maximum absolute atomic E-state index is 12.7. The van der Waals surface area contributed by atoms with Crippen molar-refractivity contribution in [3.05, 3.63) is 9.66 Å². The fourth-order valence-corrected chi connectivity index (χ4v) is 2.29. The molecular weight excluding hydrogens is 465 g/mol. The molecule has 8 heteroatoms. The Hall–Kier alpha value is -1.32. The summed E-state index contributed by atoms with van der Waals surface area (Å²) in [6.45, 7) is 12.1. The van der Waals surface area contributed by atoms with Crippen LogP contribution in [0, 0.1) is 0 Å². The van der Waals surface area contributed by atoms with Gasteiger partial charge in [-0.3, -0.25) is 0 Å². The van der Waals surface area contributed by atoms with Gasteiger partial charge in [0, 0.05) is 0 Å². The molecule has 0 unspecified atom stereocenters. The van der Waals surface area contributed by atoms with E-state index in [1.165, 1.54) is 7.11 Å². The van der Waals surface area contributed by atoms with Crippen molar-refractivity contribution in [3.8, 4) is 0 Å². The second-order valence-corrected chi connectivity index (χ2v) is 9.34. The number of carbonyl (C=O) groups excluding carboxylic acids is 3. The summed E-state index contributed by atoms with van der Waals surface area (Å²) in [5.41, 5.74) is -1.68. The topological polar surface area (TPSA) is 82.1 Å². The van der Waals surface area contributed by atoms with Crippen molar-refractivity contribution < 1.29 is 28.6 Å². The molecule has 0 aromatic rings. The molecule has 0 bridgehead atoms. The van der Waals surface area contributed by atoms with E-state index in [4.69, 9.17) is 14.2 Å². The van der Waals surface area contributed by atoms with Crippen molar-refractivity contribution in [2.24, 2.45) is 0 Å². The normalized spacial score (nSPS) is 13.6. The van der Waals surface area contributed by atoms with E-state index in [0.29, 0.717) is 6.42 Å². The van der Waals surface area contributed by atoms with E-state index in [-0.39, 0.29) is 6.42 Å². The summed E-state index contributed by atoms with van der Waals surface area (Å²) >= 11 is 2.21. The van der Waals surface area contributed by atoms with Crippen LogP contribution in [0.4, 0.5) is 9.59 Å². The van der Waals surface area contributed by atoms with E-state index in [1.54, 1.807) is 41.5 Å². The molecule has 2 amide bonds. The van der Waals surface area contributed by atoms with Crippen LogP contribution >= 0.6 is 22.6 Å². The number of halogens is 1. The van der Waals surface area contributed by atoms with E-state index in [2.05, 4.69) is 22.6 Å². The van der Waals surface area contributed by atoms with Crippen molar-refractivity contribution in [1.29, 1.82) is 0 Å². The van der Waals surface area contributed by atoms with Crippen LogP contribution in [0.3, 0.4) is 0 Å². The van der Waals surface area contributed by atoms with E-state index >= 15 is 0 Å². The number of amides is 2. The number of carbonyl (C=O) groups is 3. The van der Waals surface area contributed by atoms with Crippen molar-refractivity contribution in [2.45, 2.75) is 85.0 Å². The standard InChI is InChI=1S/C19H32INO6/c1-9-13(20)11-10-12-14(15(22)25-8)21(16(23)26-18(2,3)4)17(24)27-19(5,6)7/h11,14H,9-10,12H2,1-8H3/b13-11+/t14-/m0/s1. The fraction of sp³-hybridized carbons (Fsp3) is 0.737. The monoisotopic (exact) mass is 497 g/mol. The molecule has 0 aliphatic carbocycles. The molecule has 27 heavy (non-hydrogen) atoms. The number of methoxy groups -OCH3 is 1. The minimum absolute atomic E-state index is 0.206. The lowest BCUT2D eigenvalue weighted by Crippen LogP contribution is -2.52. The molecule has 0 radical (unpaired) electrons.